The number of nitrogens with zero attached hydrogens (tertiary/aromatic N) is 2. The number of hydrogen-bond donors (Lipinski definition) is 1. The van der Waals surface area contributed by atoms with Crippen molar-refractivity contribution in [3.8, 4) is 0 Å². The molecule has 0 atom stereocenters. The van der Waals surface area contributed by atoms with Crippen LogP contribution in [0.25, 0.3) is 0 Å². The first-order valence-electron chi connectivity index (χ1n) is 6.99. The number of carbonyl (C=O) groups is 1. The number of rotatable bonds is 3. The van der Waals surface area contributed by atoms with Crippen molar-refractivity contribution in [2.24, 2.45) is 5.10 Å². The molecule has 0 radical (unpaired) electrons. The van der Waals surface area contributed by atoms with Crippen molar-refractivity contribution in [1.82, 2.24) is 0 Å². The number of anilines is 2. The first-order valence-corrected chi connectivity index (χ1v) is 9.67. The van der Waals surface area contributed by atoms with E-state index >= 15 is 0 Å². The summed E-state index contributed by atoms with van der Waals surface area (Å²) in [6, 6.07) is 11.7. The molecule has 1 aliphatic heterocycles. The highest BCUT2D eigenvalue weighted by molar-refractivity contribution is 9.10. The van der Waals surface area contributed by atoms with Crippen LogP contribution in [-0.4, -0.2) is 33.3 Å². The zero-order valence-electron chi connectivity index (χ0n) is 12.9. The van der Waals surface area contributed by atoms with Crippen molar-refractivity contribution in [1.29, 1.82) is 0 Å². The first kappa shape index (κ1) is 16.7. The van der Waals surface area contributed by atoms with Gasteiger partial charge in [0.25, 0.3) is 5.91 Å². The Labute approximate surface area is 148 Å². The molecular formula is C16H14BrN3O3S. The molecule has 1 amide bonds. The number of fused-ring (bicyclic) bond motifs is 1. The van der Waals surface area contributed by atoms with Crippen molar-refractivity contribution < 1.29 is 13.2 Å². The van der Waals surface area contributed by atoms with E-state index < -0.39 is 9.84 Å². The number of sulfone groups is 1. The third-order valence-corrected chi connectivity index (χ3v) is 5.28. The number of hydrazone groups is 1. The Kier molecular flexibility index (Phi) is 4.18. The summed E-state index contributed by atoms with van der Waals surface area (Å²) in [6.45, 7) is 0. The van der Waals surface area contributed by atoms with Crippen LogP contribution in [0.2, 0.25) is 0 Å². The van der Waals surface area contributed by atoms with Gasteiger partial charge >= 0.3 is 0 Å². The second-order valence-electron chi connectivity index (χ2n) is 5.39. The topological polar surface area (TPSA) is 78.8 Å². The molecule has 1 N–H and O–H groups in total. The first-order chi connectivity index (χ1) is 11.3. The molecule has 2 aromatic rings. The Hall–Kier alpha value is -2.19. The molecule has 124 valence electrons. The van der Waals surface area contributed by atoms with Gasteiger partial charge < -0.3 is 4.90 Å². The van der Waals surface area contributed by atoms with Crippen LogP contribution in [0.5, 0.6) is 0 Å². The van der Waals surface area contributed by atoms with Crippen molar-refractivity contribution in [2.45, 2.75) is 4.90 Å². The van der Waals surface area contributed by atoms with Gasteiger partial charge in [-0.3, -0.25) is 10.2 Å². The zero-order chi connectivity index (χ0) is 17.5. The second kappa shape index (κ2) is 6.03. The molecule has 0 bridgehead atoms. The summed E-state index contributed by atoms with van der Waals surface area (Å²) < 4.78 is 23.8. The van der Waals surface area contributed by atoms with Crippen LogP contribution in [0.15, 0.2) is 56.9 Å². The highest BCUT2D eigenvalue weighted by Gasteiger charge is 2.31. The van der Waals surface area contributed by atoms with Gasteiger partial charge in [-0.05, 0) is 42.5 Å². The van der Waals surface area contributed by atoms with Gasteiger partial charge in [-0.2, -0.15) is 5.10 Å². The second-order valence-corrected chi connectivity index (χ2v) is 8.33. The Morgan fingerprint density at radius 2 is 1.79 bits per heavy atom. The van der Waals surface area contributed by atoms with E-state index in [4.69, 9.17) is 0 Å². The number of amides is 1. The van der Waals surface area contributed by atoms with Crippen molar-refractivity contribution in [2.75, 3.05) is 23.6 Å². The predicted molar refractivity (Wildman–Crippen MR) is 97.3 cm³/mol. The number of halogens is 1. The maximum Gasteiger partial charge on any atom is 0.279 e. The summed E-state index contributed by atoms with van der Waals surface area (Å²) in [5, 5.41) is 4.20. The molecule has 0 aromatic heterocycles. The molecule has 0 fully saturated rings. The Morgan fingerprint density at radius 3 is 2.42 bits per heavy atom. The molecule has 0 aliphatic carbocycles. The maximum atomic E-state index is 12.3. The summed E-state index contributed by atoms with van der Waals surface area (Å²) in [5.41, 5.74) is 5.23. The lowest BCUT2D eigenvalue weighted by molar-refractivity contribution is -0.111. The van der Waals surface area contributed by atoms with Crippen LogP contribution >= 0.6 is 15.9 Å². The monoisotopic (exact) mass is 407 g/mol. The molecule has 0 saturated carbocycles. The summed E-state index contributed by atoms with van der Waals surface area (Å²) in [6.07, 6.45) is 1.15. The Bertz CT molecular complexity index is 953. The highest BCUT2D eigenvalue weighted by Crippen LogP contribution is 2.30. The lowest BCUT2D eigenvalue weighted by Gasteiger charge is -2.08. The van der Waals surface area contributed by atoms with Crippen LogP contribution < -0.4 is 10.3 Å². The molecule has 1 heterocycles. The lowest BCUT2D eigenvalue weighted by Crippen LogP contribution is -2.26. The van der Waals surface area contributed by atoms with E-state index in [-0.39, 0.29) is 10.8 Å². The minimum Gasteiger partial charge on any atom is -0.309 e. The number of carbonyl (C=O) groups excluding carboxylic acids is 1. The summed E-state index contributed by atoms with van der Waals surface area (Å²) in [5.74, 6) is -0.205. The SMILES string of the molecule is CN1C(=O)/C(=N\Nc2ccc(S(C)(=O)=O)cc2)c2cc(Br)ccc21. The Morgan fingerprint density at radius 1 is 1.12 bits per heavy atom. The molecule has 8 heteroatoms. The van der Waals surface area contributed by atoms with Crippen molar-refractivity contribution >= 4 is 48.8 Å². The van der Waals surface area contributed by atoms with Gasteiger partial charge in [0, 0.05) is 23.3 Å². The molecule has 0 spiro atoms. The number of nitrogens with one attached hydrogen (secondary N) is 1. The van der Waals surface area contributed by atoms with E-state index in [0.717, 1.165) is 22.0 Å². The fraction of sp³-hybridized carbons (Fsp3) is 0.125. The average molecular weight is 408 g/mol. The van der Waals surface area contributed by atoms with Gasteiger partial charge in [0.15, 0.2) is 15.5 Å². The average Bonchev–Trinajstić information content (AvgIpc) is 2.76. The van der Waals surface area contributed by atoms with E-state index in [9.17, 15) is 13.2 Å². The van der Waals surface area contributed by atoms with Crippen LogP contribution in [-0.2, 0) is 14.6 Å². The minimum absolute atomic E-state index is 0.205. The normalized spacial score (nSPS) is 15.7. The molecule has 0 unspecified atom stereocenters. The molecule has 1 aliphatic rings. The fourth-order valence-corrected chi connectivity index (χ4v) is 3.37. The van der Waals surface area contributed by atoms with Gasteiger partial charge in [0.1, 0.15) is 0 Å². The summed E-state index contributed by atoms with van der Waals surface area (Å²) in [7, 11) is -1.55. The van der Waals surface area contributed by atoms with Gasteiger partial charge in [-0.1, -0.05) is 15.9 Å². The number of hydrogen-bond acceptors (Lipinski definition) is 5. The third-order valence-electron chi connectivity index (χ3n) is 3.66. The van der Waals surface area contributed by atoms with E-state index in [1.54, 1.807) is 19.2 Å². The van der Waals surface area contributed by atoms with Crippen molar-refractivity contribution in [3.63, 3.8) is 0 Å². The van der Waals surface area contributed by atoms with Gasteiger partial charge in [0.05, 0.1) is 16.3 Å². The van der Waals surface area contributed by atoms with E-state index in [1.165, 1.54) is 17.0 Å². The standard InChI is InChI=1S/C16H14BrN3O3S/c1-20-14-8-3-10(17)9-13(14)15(16(20)21)19-18-11-4-6-12(7-5-11)24(2,22)23/h3-9,18H,1-2H3/b19-15-. The molecular weight excluding hydrogens is 394 g/mol. The molecule has 6 nitrogen and oxygen atoms in total. The third kappa shape index (κ3) is 3.07. The quantitative estimate of drug-likeness (QED) is 0.793. The van der Waals surface area contributed by atoms with Crippen LogP contribution in [0.3, 0.4) is 0 Å². The van der Waals surface area contributed by atoms with E-state index in [1.807, 2.05) is 18.2 Å². The van der Waals surface area contributed by atoms with Gasteiger partial charge in [0.2, 0.25) is 0 Å². The Balaban J connectivity index is 1.90. The summed E-state index contributed by atoms with van der Waals surface area (Å²) in [4.78, 5) is 14.1. The van der Waals surface area contributed by atoms with Crippen LogP contribution in [0.4, 0.5) is 11.4 Å². The van der Waals surface area contributed by atoms with Crippen LogP contribution in [0.1, 0.15) is 5.56 Å². The fourth-order valence-electron chi connectivity index (χ4n) is 2.38. The van der Waals surface area contributed by atoms with Gasteiger partial charge in [-0.25, -0.2) is 8.42 Å². The molecule has 2 aromatic carbocycles. The smallest absolute Gasteiger partial charge is 0.279 e. The summed E-state index contributed by atoms with van der Waals surface area (Å²) >= 11 is 3.39. The zero-order valence-corrected chi connectivity index (χ0v) is 15.3. The lowest BCUT2D eigenvalue weighted by atomic mass is 10.1. The number of benzene rings is 2. The molecule has 3 rings (SSSR count). The largest absolute Gasteiger partial charge is 0.309 e. The predicted octanol–water partition coefficient (Wildman–Crippen LogP) is 2.65. The molecule has 24 heavy (non-hydrogen) atoms. The van der Waals surface area contributed by atoms with Crippen LogP contribution in [0, 0.1) is 0 Å². The highest BCUT2D eigenvalue weighted by atomic mass is 79.9. The van der Waals surface area contributed by atoms with E-state index in [0.29, 0.717) is 11.4 Å². The maximum absolute atomic E-state index is 12.3. The van der Waals surface area contributed by atoms with Gasteiger partial charge in [-0.15, -0.1) is 0 Å². The molecule has 0 saturated heterocycles. The minimum atomic E-state index is -3.24. The van der Waals surface area contributed by atoms with Crippen molar-refractivity contribution in [3.05, 3.63) is 52.5 Å². The van der Waals surface area contributed by atoms with E-state index in [2.05, 4.69) is 26.5 Å². The number of likely N-dealkylation sites (N-methyl/N-ethyl adjacent to an activating group) is 1.